The van der Waals surface area contributed by atoms with E-state index in [0.717, 1.165) is 0 Å². The number of rotatable bonds is 2. The number of ether oxygens (including phenoxy) is 1. The van der Waals surface area contributed by atoms with E-state index in [-0.39, 0.29) is 11.8 Å². The van der Waals surface area contributed by atoms with Crippen LogP contribution in [0.25, 0.3) is 0 Å². The number of hydrogen-bond acceptors (Lipinski definition) is 3. The number of amides is 2. The first-order chi connectivity index (χ1) is 10.1. The van der Waals surface area contributed by atoms with Crippen molar-refractivity contribution in [2.24, 2.45) is 0 Å². The molecule has 0 radical (unpaired) electrons. The van der Waals surface area contributed by atoms with Crippen LogP contribution < -0.4 is 15.4 Å². The fourth-order valence-corrected chi connectivity index (χ4v) is 2.07. The molecule has 3 rings (SSSR count). The van der Waals surface area contributed by atoms with Crippen LogP contribution >= 0.6 is 0 Å². The van der Waals surface area contributed by atoms with Crippen molar-refractivity contribution in [3.8, 4) is 5.75 Å². The van der Waals surface area contributed by atoms with Gasteiger partial charge in [-0.05, 0) is 37.3 Å². The van der Waals surface area contributed by atoms with Gasteiger partial charge >= 0.3 is 0 Å². The molecule has 106 valence electrons. The van der Waals surface area contributed by atoms with Gasteiger partial charge in [0.15, 0.2) is 6.10 Å². The minimum atomic E-state index is -0.526. The van der Waals surface area contributed by atoms with E-state index in [0.29, 0.717) is 22.7 Å². The highest BCUT2D eigenvalue weighted by molar-refractivity contribution is 6.06. The van der Waals surface area contributed by atoms with Gasteiger partial charge in [0.1, 0.15) is 5.75 Å². The van der Waals surface area contributed by atoms with Gasteiger partial charge in [-0.15, -0.1) is 0 Å². The summed E-state index contributed by atoms with van der Waals surface area (Å²) in [4.78, 5) is 23.8. The van der Waals surface area contributed by atoms with E-state index < -0.39 is 6.10 Å². The van der Waals surface area contributed by atoms with Crippen LogP contribution in [-0.4, -0.2) is 17.9 Å². The third kappa shape index (κ3) is 2.72. The normalized spacial score (nSPS) is 16.4. The second kappa shape index (κ2) is 5.28. The van der Waals surface area contributed by atoms with Crippen molar-refractivity contribution in [3.63, 3.8) is 0 Å². The molecule has 0 saturated carbocycles. The second-order valence-corrected chi connectivity index (χ2v) is 4.78. The largest absolute Gasteiger partial charge is 0.479 e. The van der Waals surface area contributed by atoms with Crippen molar-refractivity contribution in [1.82, 2.24) is 0 Å². The highest BCUT2D eigenvalue weighted by atomic mass is 16.5. The first kappa shape index (κ1) is 13.2. The SMILES string of the molecule is CC1Oc2ccc(C(=O)Nc3ccccc3)cc2NC1=O. The third-order valence-electron chi connectivity index (χ3n) is 3.20. The summed E-state index contributed by atoms with van der Waals surface area (Å²) in [5.41, 5.74) is 1.68. The molecule has 2 amide bonds. The van der Waals surface area contributed by atoms with Crippen LogP contribution in [0.5, 0.6) is 5.75 Å². The van der Waals surface area contributed by atoms with Crippen LogP contribution in [-0.2, 0) is 4.79 Å². The van der Waals surface area contributed by atoms with Crippen molar-refractivity contribution in [1.29, 1.82) is 0 Å². The van der Waals surface area contributed by atoms with Crippen LogP contribution in [0.4, 0.5) is 11.4 Å². The molecule has 0 spiro atoms. The summed E-state index contributed by atoms with van der Waals surface area (Å²) in [5.74, 6) is 0.110. The maximum atomic E-state index is 12.2. The molecule has 1 aliphatic heterocycles. The Morgan fingerprint density at radius 3 is 2.71 bits per heavy atom. The van der Waals surface area contributed by atoms with Gasteiger partial charge in [-0.3, -0.25) is 9.59 Å². The fourth-order valence-electron chi connectivity index (χ4n) is 2.07. The van der Waals surface area contributed by atoms with E-state index in [1.807, 2.05) is 30.3 Å². The fraction of sp³-hybridized carbons (Fsp3) is 0.125. The molecule has 5 nitrogen and oxygen atoms in total. The molecule has 0 aliphatic carbocycles. The molecule has 2 N–H and O–H groups in total. The molecule has 1 aliphatic rings. The highest BCUT2D eigenvalue weighted by Crippen LogP contribution is 2.30. The number of fused-ring (bicyclic) bond motifs is 1. The number of benzene rings is 2. The first-order valence-electron chi connectivity index (χ1n) is 6.61. The zero-order valence-corrected chi connectivity index (χ0v) is 11.4. The average molecular weight is 282 g/mol. The van der Waals surface area contributed by atoms with Crippen LogP contribution in [0, 0.1) is 0 Å². The molecule has 0 fully saturated rings. The highest BCUT2D eigenvalue weighted by Gasteiger charge is 2.24. The summed E-state index contributed by atoms with van der Waals surface area (Å²) in [5, 5.41) is 5.52. The second-order valence-electron chi connectivity index (χ2n) is 4.78. The summed E-state index contributed by atoms with van der Waals surface area (Å²) in [7, 11) is 0. The van der Waals surface area contributed by atoms with E-state index in [1.54, 1.807) is 25.1 Å². The smallest absolute Gasteiger partial charge is 0.265 e. The van der Waals surface area contributed by atoms with Gasteiger partial charge in [0.2, 0.25) is 0 Å². The Labute approximate surface area is 121 Å². The maximum absolute atomic E-state index is 12.2. The number of para-hydroxylation sites is 1. The van der Waals surface area contributed by atoms with E-state index in [4.69, 9.17) is 4.74 Å². The van der Waals surface area contributed by atoms with Crippen LogP contribution in [0.3, 0.4) is 0 Å². The Morgan fingerprint density at radius 2 is 1.95 bits per heavy atom. The predicted octanol–water partition coefficient (Wildman–Crippen LogP) is 2.66. The standard InChI is InChI=1S/C16H14N2O3/c1-10-15(19)18-13-9-11(7-8-14(13)21-10)16(20)17-12-5-3-2-4-6-12/h2-10H,1H3,(H,17,20)(H,18,19). The summed E-state index contributed by atoms with van der Waals surface area (Å²) >= 11 is 0. The first-order valence-corrected chi connectivity index (χ1v) is 6.61. The molecule has 0 aromatic heterocycles. The van der Waals surface area contributed by atoms with Crippen molar-refractivity contribution in [2.75, 3.05) is 10.6 Å². The molecule has 2 aromatic carbocycles. The molecule has 2 aromatic rings. The lowest BCUT2D eigenvalue weighted by atomic mass is 10.1. The van der Waals surface area contributed by atoms with Gasteiger partial charge in [0.25, 0.3) is 11.8 Å². The Hall–Kier alpha value is -2.82. The molecule has 0 bridgehead atoms. The Bertz CT molecular complexity index is 698. The van der Waals surface area contributed by atoms with Crippen molar-refractivity contribution >= 4 is 23.2 Å². The van der Waals surface area contributed by atoms with Gasteiger partial charge < -0.3 is 15.4 Å². The number of carbonyl (C=O) groups excluding carboxylic acids is 2. The Kier molecular flexibility index (Phi) is 3.31. The van der Waals surface area contributed by atoms with Crippen molar-refractivity contribution in [2.45, 2.75) is 13.0 Å². The van der Waals surface area contributed by atoms with Gasteiger partial charge in [-0.25, -0.2) is 0 Å². The van der Waals surface area contributed by atoms with E-state index in [1.165, 1.54) is 0 Å². The topological polar surface area (TPSA) is 67.4 Å². The molecule has 21 heavy (non-hydrogen) atoms. The minimum absolute atomic E-state index is 0.219. The summed E-state index contributed by atoms with van der Waals surface area (Å²) in [6.07, 6.45) is -0.526. The van der Waals surface area contributed by atoms with Crippen LogP contribution in [0.1, 0.15) is 17.3 Å². The summed E-state index contributed by atoms with van der Waals surface area (Å²) in [6.45, 7) is 1.67. The summed E-state index contributed by atoms with van der Waals surface area (Å²) in [6, 6.07) is 14.1. The number of carbonyl (C=O) groups is 2. The average Bonchev–Trinajstić information content (AvgIpc) is 2.49. The van der Waals surface area contributed by atoms with Gasteiger partial charge in [0, 0.05) is 11.3 Å². The number of nitrogens with one attached hydrogen (secondary N) is 2. The van der Waals surface area contributed by atoms with Crippen molar-refractivity contribution < 1.29 is 14.3 Å². The van der Waals surface area contributed by atoms with E-state index in [9.17, 15) is 9.59 Å². The number of hydrogen-bond donors (Lipinski definition) is 2. The molecular formula is C16H14N2O3. The molecule has 0 saturated heterocycles. The van der Waals surface area contributed by atoms with E-state index in [2.05, 4.69) is 10.6 Å². The van der Waals surface area contributed by atoms with Crippen LogP contribution in [0.15, 0.2) is 48.5 Å². The van der Waals surface area contributed by atoms with Gasteiger partial charge in [-0.2, -0.15) is 0 Å². The lowest BCUT2D eigenvalue weighted by Gasteiger charge is -2.23. The van der Waals surface area contributed by atoms with E-state index >= 15 is 0 Å². The molecule has 1 heterocycles. The van der Waals surface area contributed by atoms with Crippen molar-refractivity contribution in [3.05, 3.63) is 54.1 Å². The Balaban J connectivity index is 1.82. The minimum Gasteiger partial charge on any atom is -0.479 e. The van der Waals surface area contributed by atoms with Crippen LogP contribution in [0.2, 0.25) is 0 Å². The maximum Gasteiger partial charge on any atom is 0.265 e. The molecular weight excluding hydrogens is 268 g/mol. The molecule has 1 atom stereocenters. The zero-order chi connectivity index (χ0) is 14.8. The summed E-state index contributed by atoms with van der Waals surface area (Å²) < 4.78 is 5.45. The Morgan fingerprint density at radius 1 is 1.19 bits per heavy atom. The molecule has 5 heteroatoms. The zero-order valence-electron chi connectivity index (χ0n) is 11.4. The predicted molar refractivity (Wildman–Crippen MR) is 79.6 cm³/mol. The number of anilines is 2. The third-order valence-corrected chi connectivity index (χ3v) is 3.20. The van der Waals surface area contributed by atoms with Gasteiger partial charge in [-0.1, -0.05) is 18.2 Å². The quantitative estimate of drug-likeness (QED) is 0.889. The lowest BCUT2D eigenvalue weighted by molar-refractivity contribution is -0.122. The monoisotopic (exact) mass is 282 g/mol. The lowest BCUT2D eigenvalue weighted by Crippen LogP contribution is -2.34. The molecule has 1 unspecified atom stereocenters. The van der Waals surface area contributed by atoms with Gasteiger partial charge in [0.05, 0.1) is 5.69 Å².